The zero-order valence-corrected chi connectivity index (χ0v) is 19.3. The second-order valence-electron chi connectivity index (χ2n) is 7.84. The largest absolute Gasteiger partial charge is 0.507 e. The summed E-state index contributed by atoms with van der Waals surface area (Å²) >= 11 is 0. The molecule has 0 aliphatic carbocycles. The van der Waals surface area contributed by atoms with Crippen molar-refractivity contribution in [2.75, 3.05) is 18.1 Å². The minimum Gasteiger partial charge on any atom is -0.507 e. The molecular formula is C26H26N2O6. The predicted molar refractivity (Wildman–Crippen MR) is 126 cm³/mol. The molecule has 0 saturated carbocycles. The third-order valence-corrected chi connectivity index (χ3v) is 5.41. The summed E-state index contributed by atoms with van der Waals surface area (Å²) in [6.45, 7) is 6.67. The van der Waals surface area contributed by atoms with Crippen LogP contribution in [0.1, 0.15) is 43.2 Å². The number of hydrogen-bond donors (Lipinski definition) is 1. The molecule has 1 aromatic heterocycles. The Morgan fingerprint density at radius 1 is 1.03 bits per heavy atom. The Kier molecular flexibility index (Phi) is 6.67. The van der Waals surface area contributed by atoms with Crippen LogP contribution in [0.15, 0.2) is 64.7 Å². The monoisotopic (exact) mass is 462 g/mol. The first kappa shape index (κ1) is 23.1. The van der Waals surface area contributed by atoms with Gasteiger partial charge >= 0.3 is 5.91 Å². The van der Waals surface area contributed by atoms with Crippen LogP contribution < -0.4 is 14.4 Å². The third-order valence-electron chi connectivity index (χ3n) is 5.41. The minimum atomic E-state index is -0.892. The molecule has 3 aromatic rings. The Balaban J connectivity index is 1.82. The van der Waals surface area contributed by atoms with Crippen molar-refractivity contribution in [2.45, 2.75) is 33.2 Å². The fraction of sp³-hybridized carbons (Fsp3) is 0.269. The van der Waals surface area contributed by atoms with E-state index < -0.39 is 17.7 Å². The van der Waals surface area contributed by atoms with E-state index in [1.54, 1.807) is 61.5 Å². The summed E-state index contributed by atoms with van der Waals surface area (Å²) in [7, 11) is 0. The van der Waals surface area contributed by atoms with Crippen LogP contribution in [0.4, 0.5) is 5.82 Å². The van der Waals surface area contributed by atoms with E-state index in [2.05, 4.69) is 5.16 Å². The zero-order valence-electron chi connectivity index (χ0n) is 19.3. The van der Waals surface area contributed by atoms with Crippen molar-refractivity contribution in [3.63, 3.8) is 0 Å². The standard InChI is InChI=1S/C26H26N2O6/c1-4-14-33-20-10-6-17(7-11-20)23-22(24(29)18-8-12-19(13-9-18)32-5-2)25(30)26(31)28(23)21-15-16(3)34-27-21/h6-13,15,23,29H,4-5,14H2,1-3H3/b24-22+. The van der Waals surface area contributed by atoms with Crippen molar-refractivity contribution < 1.29 is 28.7 Å². The second-order valence-corrected chi connectivity index (χ2v) is 7.84. The van der Waals surface area contributed by atoms with Gasteiger partial charge in [-0.1, -0.05) is 24.2 Å². The van der Waals surface area contributed by atoms with Gasteiger partial charge in [-0.25, -0.2) is 0 Å². The maximum atomic E-state index is 13.2. The first-order valence-electron chi connectivity index (χ1n) is 11.1. The van der Waals surface area contributed by atoms with Gasteiger partial charge < -0.3 is 19.1 Å². The van der Waals surface area contributed by atoms with Crippen molar-refractivity contribution in [2.24, 2.45) is 0 Å². The number of amides is 1. The number of anilines is 1. The van der Waals surface area contributed by atoms with E-state index in [1.165, 1.54) is 4.90 Å². The number of aliphatic hydroxyl groups excluding tert-OH is 1. The molecule has 1 atom stereocenters. The summed E-state index contributed by atoms with van der Waals surface area (Å²) < 4.78 is 16.3. The van der Waals surface area contributed by atoms with Gasteiger partial charge in [0.25, 0.3) is 5.78 Å². The van der Waals surface area contributed by atoms with Crippen LogP contribution in [-0.2, 0) is 9.59 Å². The minimum absolute atomic E-state index is 0.0305. The van der Waals surface area contributed by atoms with Gasteiger partial charge in [0.1, 0.15) is 23.0 Å². The molecule has 1 aliphatic heterocycles. The van der Waals surface area contributed by atoms with Crippen molar-refractivity contribution in [1.29, 1.82) is 0 Å². The van der Waals surface area contributed by atoms with E-state index in [1.807, 2.05) is 13.8 Å². The SMILES string of the molecule is CCCOc1ccc(C2/C(=C(\O)c3ccc(OCC)cc3)C(=O)C(=O)N2c2cc(C)on2)cc1. The second kappa shape index (κ2) is 9.82. The lowest BCUT2D eigenvalue weighted by Gasteiger charge is -2.23. The molecule has 8 nitrogen and oxygen atoms in total. The van der Waals surface area contributed by atoms with Crippen LogP contribution >= 0.6 is 0 Å². The van der Waals surface area contributed by atoms with E-state index in [0.717, 1.165) is 6.42 Å². The predicted octanol–water partition coefficient (Wildman–Crippen LogP) is 4.80. The van der Waals surface area contributed by atoms with Gasteiger partial charge in [0.05, 0.1) is 24.8 Å². The van der Waals surface area contributed by atoms with Gasteiger partial charge in [0, 0.05) is 11.6 Å². The number of aliphatic hydroxyl groups is 1. The van der Waals surface area contributed by atoms with Crippen LogP contribution in [0.3, 0.4) is 0 Å². The number of aromatic nitrogens is 1. The van der Waals surface area contributed by atoms with Crippen LogP contribution in [0.2, 0.25) is 0 Å². The van der Waals surface area contributed by atoms with Gasteiger partial charge in [-0.15, -0.1) is 0 Å². The third kappa shape index (κ3) is 4.39. The molecule has 0 spiro atoms. The Morgan fingerprint density at radius 2 is 1.68 bits per heavy atom. The summed E-state index contributed by atoms with van der Waals surface area (Å²) in [6.07, 6.45) is 0.871. The van der Waals surface area contributed by atoms with E-state index in [0.29, 0.717) is 41.6 Å². The van der Waals surface area contributed by atoms with Crippen molar-refractivity contribution in [3.05, 3.63) is 77.1 Å². The van der Waals surface area contributed by atoms with Crippen LogP contribution in [0.5, 0.6) is 11.5 Å². The lowest BCUT2D eigenvalue weighted by molar-refractivity contribution is -0.132. The first-order chi connectivity index (χ1) is 16.4. The number of carbonyl (C=O) groups is 2. The molecule has 1 unspecified atom stereocenters. The lowest BCUT2D eigenvalue weighted by Crippen LogP contribution is -2.29. The normalized spacial score (nSPS) is 17.3. The topological polar surface area (TPSA) is 102 Å². The molecule has 0 radical (unpaired) electrons. The Hall–Kier alpha value is -4.07. The molecule has 2 heterocycles. The van der Waals surface area contributed by atoms with Gasteiger partial charge in [-0.3, -0.25) is 14.5 Å². The molecule has 1 saturated heterocycles. The highest BCUT2D eigenvalue weighted by atomic mass is 16.5. The Morgan fingerprint density at radius 3 is 2.26 bits per heavy atom. The van der Waals surface area contributed by atoms with E-state index in [9.17, 15) is 14.7 Å². The molecule has 1 aliphatic rings. The maximum Gasteiger partial charge on any atom is 0.301 e. The molecule has 8 heteroatoms. The molecule has 0 bridgehead atoms. The molecule has 1 N–H and O–H groups in total. The first-order valence-corrected chi connectivity index (χ1v) is 11.1. The average Bonchev–Trinajstić information content (AvgIpc) is 3.38. The smallest absolute Gasteiger partial charge is 0.301 e. The summed E-state index contributed by atoms with van der Waals surface area (Å²) in [5, 5.41) is 15.1. The number of nitrogens with zero attached hydrogens (tertiary/aromatic N) is 2. The number of ketones is 1. The maximum absolute atomic E-state index is 13.2. The highest BCUT2D eigenvalue weighted by Crippen LogP contribution is 2.42. The van der Waals surface area contributed by atoms with Gasteiger partial charge in [0.2, 0.25) is 0 Å². The van der Waals surface area contributed by atoms with Crippen molar-refractivity contribution in [1.82, 2.24) is 5.16 Å². The van der Waals surface area contributed by atoms with Gasteiger partial charge in [-0.2, -0.15) is 0 Å². The molecule has 34 heavy (non-hydrogen) atoms. The number of Topliss-reactive ketones (excluding diaryl/α,β-unsaturated/α-hetero) is 1. The van der Waals surface area contributed by atoms with Crippen molar-refractivity contribution >= 4 is 23.3 Å². The van der Waals surface area contributed by atoms with Crippen LogP contribution in [-0.4, -0.2) is 35.2 Å². The zero-order chi connectivity index (χ0) is 24.2. The average molecular weight is 463 g/mol. The highest BCUT2D eigenvalue weighted by Gasteiger charge is 2.48. The van der Waals surface area contributed by atoms with Gasteiger partial charge in [-0.05, 0) is 62.2 Å². The number of ether oxygens (including phenoxy) is 2. The Bertz CT molecular complexity index is 1210. The van der Waals surface area contributed by atoms with E-state index in [4.69, 9.17) is 14.0 Å². The van der Waals surface area contributed by atoms with E-state index in [-0.39, 0.29) is 17.2 Å². The van der Waals surface area contributed by atoms with Crippen LogP contribution in [0.25, 0.3) is 5.76 Å². The fourth-order valence-corrected chi connectivity index (χ4v) is 3.85. The number of hydrogen-bond acceptors (Lipinski definition) is 7. The molecule has 176 valence electrons. The van der Waals surface area contributed by atoms with E-state index >= 15 is 0 Å². The fourth-order valence-electron chi connectivity index (χ4n) is 3.85. The quantitative estimate of drug-likeness (QED) is 0.291. The summed E-state index contributed by atoms with van der Waals surface area (Å²) in [5.41, 5.74) is 0.985. The summed E-state index contributed by atoms with van der Waals surface area (Å²) in [5.74, 6) is 0.121. The molecule has 2 aromatic carbocycles. The highest BCUT2D eigenvalue weighted by molar-refractivity contribution is 6.51. The molecule has 4 rings (SSSR count). The number of carbonyl (C=O) groups excluding carboxylic acids is 2. The molecule has 1 fully saturated rings. The molecule has 1 amide bonds. The summed E-state index contributed by atoms with van der Waals surface area (Å²) in [4.78, 5) is 27.5. The van der Waals surface area contributed by atoms with Crippen LogP contribution in [0, 0.1) is 6.92 Å². The number of benzene rings is 2. The van der Waals surface area contributed by atoms with Gasteiger partial charge in [0.15, 0.2) is 5.82 Å². The number of aryl methyl sites for hydroxylation is 1. The lowest BCUT2D eigenvalue weighted by atomic mass is 9.95. The summed E-state index contributed by atoms with van der Waals surface area (Å²) in [6, 6.07) is 14.5. The molecular weight excluding hydrogens is 436 g/mol. The Labute approximate surface area is 197 Å². The number of rotatable bonds is 8. The van der Waals surface area contributed by atoms with Crippen molar-refractivity contribution in [3.8, 4) is 11.5 Å².